The number of nitrogens with two attached hydrogens (primary N) is 2. The Labute approximate surface area is 231 Å². The molecule has 1 aliphatic rings. The van der Waals surface area contributed by atoms with Crippen molar-refractivity contribution in [2.24, 2.45) is 11.7 Å². The van der Waals surface area contributed by atoms with Crippen LogP contribution >= 0.6 is 7.60 Å². The minimum atomic E-state index is -4.57. The second-order valence-corrected chi connectivity index (χ2v) is 11.6. The molecule has 218 valence electrons. The lowest BCUT2D eigenvalue weighted by atomic mass is 9.92. The van der Waals surface area contributed by atoms with Crippen LogP contribution in [0.5, 0.6) is 5.75 Å². The number of aliphatic hydroxyl groups is 1. The number of carbonyl (C=O) groups is 1. The van der Waals surface area contributed by atoms with Crippen LogP contribution in [0.3, 0.4) is 0 Å². The van der Waals surface area contributed by atoms with Crippen molar-refractivity contribution < 1.29 is 40.1 Å². The van der Waals surface area contributed by atoms with Crippen LogP contribution in [-0.4, -0.2) is 73.8 Å². The number of fused-ring (bicyclic) bond motifs is 1. The number of aromatic amines is 1. The Balaban J connectivity index is 1.68. The number of nitrogen functional groups attached to an aromatic ring is 1. The standard InChI is InChI=1S/C24H32FN6O8P/c1-13(2)37-21(34)14(3)10-40(35,39-15-7-5-4-6-8-15)36-9-16-18(32)24(27,11-25)22(38-16)31-12-28-17-19(31)29-23(26)30-20(17)33/h4-8,12-14,16,18,22,32H,9-11,27H2,1-3H3,(H3,26,29,30,33)/t14-,16-,18+,22-,24?,40+/m1/s1/i9D2. The molecule has 1 aromatic carbocycles. The van der Waals surface area contributed by atoms with E-state index in [0.29, 0.717) is 0 Å². The van der Waals surface area contributed by atoms with Gasteiger partial charge in [-0.15, -0.1) is 0 Å². The molecule has 0 spiro atoms. The number of H-pyrrole nitrogens is 1. The summed E-state index contributed by atoms with van der Waals surface area (Å²) in [6.45, 7) is 0.0886. The van der Waals surface area contributed by atoms with E-state index in [-0.39, 0.29) is 22.9 Å². The zero-order chi connectivity index (χ0) is 31.0. The molecule has 6 N–H and O–H groups in total. The van der Waals surface area contributed by atoms with Crippen molar-refractivity contribution in [2.45, 2.75) is 50.8 Å². The molecule has 1 aliphatic heterocycles. The number of hydrogen-bond acceptors (Lipinski definition) is 12. The van der Waals surface area contributed by atoms with Gasteiger partial charge >= 0.3 is 13.6 Å². The van der Waals surface area contributed by atoms with Crippen LogP contribution in [-0.2, 0) is 23.4 Å². The summed E-state index contributed by atoms with van der Waals surface area (Å²) in [6.07, 6.45) is -5.86. The van der Waals surface area contributed by atoms with Gasteiger partial charge in [0.05, 0.1) is 33.8 Å². The normalized spacial score (nSPS) is 26.2. The molecule has 40 heavy (non-hydrogen) atoms. The molecule has 4 rings (SSSR count). The lowest BCUT2D eigenvalue weighted by molar-refractivity contribution is -0.151. The number of rotatable bonds is 11. The topological polar surface area (TPSA) is 207 Å². The predicted molar refractivity (Wildman–Crippen MR) is 141 cm³/mol. The molecule has 0 bridgehead atoms. The molecule has 1 saturated heterocycles. The van der Waals surface area contributed by atoms with Crippen molar-refractivity contribution in [2.75, 3.05) is 25.1 Å². The Morgan fingerprint density at radius 3 is 2.73 bits per heavy atom. The van der Waals surface area contributed by atoms with Crippen molar-refractivity contribution in [3.63, 3.8) is 0 Å². The minimum Gasteiger partial charge on any atom is -0.463 e. The molecule has 0 amide bonds. The molecule has 0 saturated carbocycles. The number of esters is 1. The molecule has 3 heterocycles. The highest BCUT2D eigenvalue weighted by molar-refractivity contribution is 7.54. The number of halogens is 1. The van der Waals surface area contributed by atoms with Crippen molar-refractivity contribution in [1.82, 2.24) is 19.5 Å². The summed E-state index contributed by atoms with van der Waals surface area (Å²) in [4.78, 5) is 34.9. The number of carbonyl (C=O) groups excluding carboxylic acids is 1. The van der Waals surface area contributed by atoms with Crippen molar-refractivity contribution in [1.29, 1.82) is 0 Å². The molecular weight excluding hydrogens is 550 g/mol. The third kappa shape index (κ3) is 6.03. The van der Waals surface area contributed by atoms with Crippen LogP contribution in [0, 0.1) is 5.92 Å². The highest BCUT2D eigenvalue weighted by atomic mass is 31.2. The summed E-state index contributed by atoms with van der Waals surface area (Å²) in [5.74, 6) is -2.04. The van der Waals surface area contributed by atoms with Crippen LogP contribution < -0.4 is 21.6 Å². The van der Waals surface area contributed by atoms with Gasteiger partial charge in [-0.2, -0.15) is 4.98 Å². The average Bonchev–Trinajstić information content (AvgIpc) is 3.42. The first kappa shape index (κ1) is 26.8. The Morgan fingerprint density at radius 1 is 1.38 bits per heavy atom. The fourth-order valence-corrected chi connectivity index (χ4v) is 5.78. The molecule has 6 atom stereocenters. The molecule has 0 radical (unpaired) electrons. The predicted octanol–water partition coefficient (Wildman–Crippen LogP) is 1.50. The molecule has 3 aromatic rings. The fraction of sp³-hybridized carbons (Fsp3) is 0.500. The summed E-state index contributed by atoms with van der Waals surface area (Å²) < 4.78 is 68.7. The van der Waals surface area contributed by atoms with Gasteiger partial charge in [-0.25, -0.2) is 13.9 Å². The lowest BCUT2D eigenvalue weighted by Crippen LogP contribution is -2.56. The Kier molecular flexibility index (Phi) is 7.80. The number of nitrogens with one attached hydrogen (secondary N) is 1. The first-order chi connectivity index (χ1) is 19.6. The van der Waals surface area contributed by atoms with Crippen LogP contribution in [0.25, 0.3) is 11.2 Å². The van der Waals surface area contributed by atoms with Gasteiger partial charge in [0.15, 0.2) is 17.4 Å². The Morgan fingerprint density at radius 2 is 2.08 bits per heavy atom. The third-order valence-electron chi connectivity index (χ3n) is 6.05. The fourth-order valence-electron chi connectivity index (χ4n) is 4.07. The maximum Gasteiger partial charge on any atom is 0.380 e. The van der Waals surface area contributed by atoms with Crippen molar-refractivity contribution >= 4 is 30.7 Å². The molecule has 14 nitrogen and oxygen atoms in total. The zero-order valence-corrected chi connectivity index (χ0v) is 22.8. The van der Waals surface area contributed by atoms with Gasteiger partial charge in [-0.3, -0.25) is 23.7 Å². The molecular formula is C24H32FN6O8P. The van der Waals surface area contributed by atoms with Gasteiger partial charge < -0.3 is 30.6 Å². The van der Waals surface area contributed by atoms with Crippen LogP contribution in [0.2, 0.25) is 0 Å². The van der Waals surface area contributed by atoms with E-state index >= 15 is 0 Å². The van der Waals surface area contributed by atoms with Gasteiger partial charge in [0.2, 0.25) is 5.95 Å². The van der Waals surface area contributed by atoms with Crippen LogP contribution in [0.15, 0.2) is 41.5 Å². The number of aromatic nitrogens is 4. The highest BCUT2D eigenvalue weighted by Crippen LogP contribution is 2.51. The number of alkyl halides is 1. The number of benzene rings is 1. The smallest absolute Gasteiger partial charge is 0.380 e. The minimum absolute atomic E-state index is 0.0440. The molecule has 1 fully saturated rings. The van der Waals surface area contributed by atoms with E-state index in [1.165, 1.54) is 19.1 Å². The average molecular weight is 585 g/mol. The van der Waals surface area contributed by atoms with Gasteiger partial charge in [0, 0.05) is 0 Å². The number of aliphatic hydroxyl groups excluding tert-OH is 1. The van der Waals surface area contributed by atoms with E-state index < -0.39 is 74.5 Å². The summed E-state index contributed by atoms with van der Waals surface area (Å²) in [6, 6.07) is 7.70. The van der Waals surface area contributed by atoms with E-state index in [0.717, 1.165) is 10.9 Å². The Hall–Kier alpha value is -3.36. The summed E-state index contributed by atoms with van der Waals surface area (Å²) in [5, 5.41) is 11.1. The van der Waals surface area contributed by atoms with E-state index in [2.05, 4.69) is 15.0 Å². The molecule has 0 aliphatic carbocycles. The van der Waals surface area contributed by atoms with Gasteiger partial charge in [0.1, 0.15) is 30.2 Å². The third-order valence-corrected chi connectivity index (χ3v) is 7.92. The van der Waals surface area contributed by atoms with E-state index in [1.54, 1.807) is 32.0 Å². The van der Waals surface area contributed by atoms with Crippen LogP contribution in [0.4, 0.5) is 10.3 Å². The number of imidazole rings is 1. The van der Waals surface area contributed by atoms with Gasteiger partial charge in [-0.1, -0.05) is 25.1 Å². The quantitative estimate of drug-likeness (QED) is 0.187. The summed E-state index contributed by atoms with van der Waals surface area (Å²) >= 11 is 0. The number of hydrogen-bond donors (Lipinski definition) is 4. The maximum absolute atomic E-state index is 14.5. The number of para-hydroxylation sites is 1. The lowest BCUT2D eigenvalue weighted by Gasteiger charge is -2.30. The molecule has 16 heteroatoms. The monoisotopic (exact) mass is 584 g/mol. The summed E-state index contributed by atoms with van der Waals surface area (Å²) in [5.41, 5.74) is 8.46. The van der Waals surface area contributed by atoms with Crippen molar-refractivity contribution in [3.05, 3.63) is 47.0 Å². The number of anilines is 1. The van der Waals surface area contributed by atoms with E-state index in [4.69, 9.17) is 32.7 Å². The maximum atomic E-state index is 14.5. The SMILES string of the molecule is [2H]C([2H])(O[P@@](=O)(C[C@@H](C)C(=O)OC(C)C)Oc1ccccc1)[C@H]1O[C@@H](n2cnc3c(=O)[nH]c(N)nc32)C(N)(CF)[C@H]1O. The zero-order valence-electron chi connectivity index (χ0n) is 23.9. The van der Waals surface area contributed by atoms with Gasteiger partial charge in [0.25, 0.3) is 5.56 Å². The molecule has 1 unspecified atom stereocenters. The first-order valence-corrected chi connectivity index (χ1v) is 14.0. The molecule has 2 aromatic heterocycles. The second kappa shape index (κ2) is 11.6. The number of nitrogens with zero attached hydrogens (tertiary/aromatic N) is 3. The van der Waals surface area contributed by atoms with Crippen molar-refractivity contribution in [3.8, 4) is 5.75 Å². The van der Waals surface area contributed by atoms with E-state index in [9.17, 15) is 23.7 Å². The van der Waals surface area contributed by atoms with Crippen LogP contribution in [0.1, 0.15) is 29.7 Å². The highest BCUT2D eigenvalue weighted by Gasteiger charge is 2.56. The second-order valence-electron chi connectivity index (χ2n) is 9.67. The Bertz CT molecular complexity index is 1540. The largest absolute Gasteiger partial charge is 0.463 e. The number of ether oxygens (including phenoxy) is 2. The van der Waals surface area contributed by atoms with E-state index in [1.807, 2.05) is 0 Å². The first-order valence-electron chi connectivity index (χ1n) is 13.3. The summed E-state index contributed by atoms with van der Waals surface area (Å²) in [7, 11) is -4.57. The van der Waals surface area contributed by atoms with Gasteiger partial charge in [-0.05, 0) is 26.0 Å².